The van der Waals surface area contributed by atoms with E-state index < -0.39 is 5.97 Å². The molecule has 3 rings (SSSR count). The summed E-state index contributed by atoms with van der Waals surface area (Å²) in [4.78, 5) is 24.0. The minimum Gasteiger partial charge on any atom is -0.481 e. The zero-order valence-corrected chi connectivity index (χ0v) is 15.0. The summed E-state index contributed by atoms with van der Waals surface area (Å²) >= 11 is 0. The number of carbonyl (C=O) groups excluding carboxylic acids is 2. The molecule has 0 aliphatic carbocycles. The highest BCUT2D eigenvalue weighted by molar-refractivity contribution is 6.14. The molecule has 5 nitrogen and oxygen atoms in total. The molecule has 1 heterocycles. The second kappa shape index (κ2) is 7.44. The smallest absolute Gasteiger partial charge is 0.344 e. The summed E-state index contributed by atoms with van der Waals surface area (Å²) in [6, 6.07) is 11.1. The summed E-state index contributed by atoms with van der Waals surface area (Å²) in [6.07, 6.45) is 1.72. The molecule has 0 fully saturated rings. The second-order valence-electron chi connectivity index (χ2n) is 6.01. The van der Waals surface area contributed by atoms with Crippen LogP contribution in [0.5, 0.6) is 11.5 Å². The Kier molecular flexibility index (Phi) is 5.07. The normalized spacial score (nSPS) is 14.1. The number of carbonyl (C=O) groups is 2. The van der Waals surface area contributed by atoms with Crippen molar-refractivity contribution in [3.63, 3.8) is 0 Å². The molecule has 0 N–H and O–H groups in total. The molecule has 0 atom stereocenters. The van der Waals surface area contributed by atoms with Gasteiger partial charge in [-0.2, -0.15) is 0 Å². The van der Waals surface area contributed by atoms with E-state index in [9.17, 15) is 9.59 Å². The van der Waals surface area contributed by atoms with Gasteiger partial charge in [0.15, 0.2) is 12.4 Å². The zero-order valence-electron chi connectivity index (χ0n) is 15.0. The highest BCUT2D eigenvalue weighted by Crippen LogP contribution is 2.39. The van der Waals surface area contributed by atoms with Crippen molar-refractivity contribution in [1.82, 2.24) is 0 Å². The van der Waals surface area contributed by atoms with E-state index in [4.69, 9.17) is 14.2 Å². The van der Waals surface area contributed by atoms with Gasteiger partial charge < -0.3 is 14.2 Å². The lowest BCUT2D eigenvalue weighted by Gasteiger charge is -2.10. The number of allylic oxidation sites excluding steroid dienone is 1. The van der Waals surface area contributed by atoms with Crippen molar-refractivity contribution in [2.24, 2.45) is 0 Å². The van der Waals surface area contributed by atoms with Gasteiger partial charge in [0, 0.05) is 5.56 Å². The molecule has 0 spiro atoms. The van der Waals surface area contributed by atoms with Gasteiger partial charge in [-0.25, -0.2) is 4.79 Å². The fourth-order valence-corrected chi connectivity index (χ4v) is 2.68. The molecule has 0 saturated carbocycles. The first kappa shape index (κ1) is 17.7. The summed E-state index contributed by atoms with van der Waals surface area (Å²) in [7, 11) is 0. The van der Waals surface area contributed by atoms with Crippen molar-refractivity contribution < 1.29 is 23.8 Å². The van der Waals surface area contributed by atoms with Crippen LogP contribution in [0, 0.1) is 13.8 Å². The van der Waals surface area contributed by atoms with Gasteiger partial charge in [-0.1, -0.05) is 29.8 Å². The Hall–Kier alpha value is -3.08. The first-order valence-corrected chi connectivity index (χ1v) is 8.42. The maximum atomic E-state index is 12.6. The molecule has 2 aromatic carbocycles. The average Bonchev–Trinajstić information content (AvgIpc) is 2.94. The fourth-order valence-electron chi connectivity index (χ4n) is 2.68. The number of esters is 1. The van der Waals surface area contributed by atoms with Crippen LogP contribution in [-0.2, 0) is 9.53 Å². The lowest BCUT2D eigenvalue weighted by molar-refractivity contribution is -0.145. The molecule has 5 heteroatoms. The highest BCUT2D eigenvalue weighted by atomic mass is 16.6. The molecule has 0 aromatic heterocycles. The molecule has 26 heavy (non-hydrogen) atoms. The van der Waals surface area contributed by atoms with E-state index in [-0.39, 0.29) is 18.1 Å². The molecular formula is C21H20O5. The first-order valence-electron chi connectivity index (χ1n) is 8.42. The monoisotopic (exact) mass is 352 g/mol. The minimum absolute atomic E-state index is 0.166. The Labute approximate surface area is 152 Å². The van der Waals surface area contributed by atoms with Crippen LogP contribution < -0.4 is 9.47 Å². The number of fused-ring (bicyclic) bond motifs is 1. The van der Waals surface area contributed by atoms with E-state index in [2.05, 4.69) is 0 Å². The van der Waals surface area contributed by atoms with Crippen molar-refractivity contribution in [2.75, 3.05) is 13.2 Å². The van der Waals surface area contributed by atoms with Crippen LogP contribution >= 0.6 is 0 Å². The van der Waals surface area contributed by atoms with E-state index in [1.54, 1.807) is 32.1 Å². The largest absolute Gasteiger partial charge is 0.481 e. The van der Waals surface area contributed by atoms with Crippen LogP contribution in [0.4, 0.5) is 0 Å². The molecule has 0 amide bonds. The van der Waals surface area contributed by atoms with E-state index >= 15 is 0 Å². The van der Waals surface area contributed by atoms with Crippen LogP contribution in [-0.4, -0.2) is 25.0 Å². The Morgan fingerprint density at radius 1 is 1.12 bits per heavy atom. The quantitative estimate of drug-likeness (QED) is 0.604. The lowest BCUT2D eigenvalue weighted by atomic mass is 10.1. The molecule has 1 aliphatic rings. The number of benzene rings is 2. The van der Waals surface area contributed by atoms with Gasteiger partial charge in [-0.15, -0.1) is 0 Å². The van der Waals surface area contributed by atoms with Crippen molar-refractivity contribution >= 4 is 17.8 Å². The number of Topliss-reactive ketones (excluding diaryl/α,β-unsaturated/α-hetero) is 1. The van der Waals surface area contributed by atoms with E-state index in [1.165, 1.54) is 0 Å². The van der Waals surface area contributed by atoms with Crippen LogP contribution in [0.15, 0.2) is 42.2 Å². The Morgan fingerprint density at radius 3 is 2.54 bits per heavy atom. The SMILES string of the molecule is CCOC(=O)COc1ccc2c(c1C)O/C(=C\c1ccc(C)cc1)C2=O. The third-order valence-electron chi connectivity index (χ3n) is 4.06. The third-order valence-corrected chi connectivity index (χ3v) is 4.06. The highest BCUT2D eigenvalue weighted by Gasteiger charge is 2.30. The van der Waals surface area contributed by atoms with Crippen LogP contribution in [0.25, 0.3) is 6.08 Å². The van der Waals surface area contributed by atoms with E-state index in [0.29, 0.717) is 29.2 Å². The summed E-state index contributed by atoms with van der Waals surface area (Å²) in [5.41, 5.74) is 3.20. The zero-order chi connectivity index (χ0) is 18.7. The van der Waals surface area contributed by atoms with Crippen LogP contribution in [0.2, 0.25) is 0 Å². The predicted octanol–water partition coefficient (Wildman–Crippen LogP) is 3.86. The fraction of sp³-hybridized carbons (Fsp3) is 0.238. The number of hydrogen-bond donors (Lipinski definition) is 0. The first-order chi connectivity index (χ1) is 12.5. The van der Waals surface area contributed by atoms with Crippen molar-refractivity contribution in [1.29, 1.82) is 0 Å². The third kappa shape index (κ3) is 3.61. The molecule has 1 aliphatic heterocycles. The summed E-state index contributed by atoms with van der Waals surface area (Å²) in [5.74, 6) is 0.621. The number of rotatable bonds is 5. The van der Waals surface area contributed by atoms with Gasteiger partial charge >= 0.3 is 5.97 Å². The maximum Gasteiger partial charge on any atom is 0.344 e. The Balaban J connectivity index is 1.82. The number of ketones is 1. The molecule has 0 bridgehead atoms. The Morgan fingerprint density at radius 2 is 1.85 bits per heavy atom. The maximum absolute atomic E-state index is 12.6. The summed E-state index contributed by atoms with van der Waals surface area (Å²) < 4.78 is 16.1. The number of hydrogen-bond acceptors (Lipinski definition) is 5. The summed E-state index contributed by atoms with van der Waals surface area (Å²) in [6.45, 7) is 5.65. The second-order valence-corrected chi connectivity index (χ2v) is 6.01. The van der Waals surface area contributed by atoms with Gasteiger partial charge in [-0.3, -0.25) is 4.79 Å². The Bertz CT molecular complexity index is 878. The van der Waals surface area contributed by atoms with Crippen LogP contribution in [0.3, 0.4) is 0 Å². The summed E-state index contributed by atoms with van der Waals surface area (Å²) in [5, 5.41) is 0. The van der Waals surface area contributed by atoms with E-state index in [1.807, 2.05) is 31.2 Å². The molecule has 0 unspecified atom stereocenters. The van der Waals surface area contributed by atoms with Gasteiger partial charge in [0.2, 0.25) is 5.78 Å². The van der Waals surface area contributed by atoms with Gasteiger partial charge in [0.1, 0.15) is 11.5 Å². The topological polar surface area (TPSA) is 61.8 Å². The average molecular weight is 352 g/mol. The van der Waals surface area contributed by atoms with Crippen molar-refractivity contribution in [3.8, 4) is 11.5 Å². The standard InChI is InChI=1S/C21H20O5/c1-4-24-19(22)12-25-17-10-9-16-20(23)18(26-21(16)14(17)3)11-15-7-5-13(2)6-8-15/h5-11H,4,12H2,1-3H3/b18-11-. The molecule has 134 valence electrons. The molecule has 0 radical (unpaired) electrons. The minimum atomic E-state index is -0.440. The van der Waals surface area contributed by atoms with Crippen LogP contribution in [0.1, 0.15) is 34.0 Å². The van der Waals surface area contributed by atoms with Gasteiger partial charge in [0.25, 0.3) is 0 Å². The molecular weight excluding hydrogens is 332 g/mol. The van der Waals surface area contributed by atoms with Gasteiger partial charge in [0.05, 0.1) is 12.2 Å². The lowest BCUT2D eigenvalue weighted by Crippen LogP contribution is -2.15. The predicted molar refractivity (Wildman–Crippen MR) is 97.4 cm³/mol. The number of aryl methyl sites for hydroxylation is 1. The van der Waals surface area contributed by atoms with Crippen molar-refractivity contribution in [2.45, 2.75) is 20.8 Å². The van der Waals surface area contributed by atoms with Gasteiger partial charge in [-0.05, 0) is 44.5 Å². The molecule has 2 aromatic rings. The van der Waals surface area contributed by atoms with Crippen molar-refractivity contribution in [3.05, 3.63) is 64.4 Å². The molecule has 0 saturated heterocycles. The number of ether oxygens (including phenoxy) is 3. The van der Waals surface area contributed by atoms with E-state index in [0.717, 1.165) is 11.1 Å².